The van der Waals surface area contributed by atoms with E-state index in [-0.39, 0.29) is 0 Å². The minimum Gasteiger partial charge on any atom is -0.457 e. The number of ether oxygens (including phenoxy) is 1. The van der Waals surface area contributed by atoms with Crippen LogP contribution in [0.3, 0.4) is 0 Å². The van der Waals surface area contributed by atoms with Crippen LogP contribution in [0.25, 0.3) is 0 Å². The third-order valence-corrected chi connectivity index (χ3v) is 3.67. The second-order valence-electron chi connectivity index (χ2n) is 5.28. The molecule has 0 aliphatic heterocycles. The Hall–Kier alpha value is -1.51. The summed E-state index contributed by atoms with van der Waals surface area (Å²) in [6.07, 6.45) is 1.15. The first-order valence-corrected chi connectivity index (χ1v) is 7.72. The topological polar surface area (TPSA) is 21.3 Å². The standard InChI is InChI=1S/C18H22ClNO/c1-4-9-20-12-15-6-8-17(10-14(15)3)21-18-11-16(19)7-5-13(18)2/h5-8,10-11,20H,4,9,12H2,1-3H3. The summed E-state index contributed by atoms with van der Waals surface area (Å²) < 4.78 is 5.95. The van der Waals surface area contributed by atoms with Crippen molar-refractivity contribution in [2.24, 2.45) is 0 Å². The first-order valence-electron chi connectivity index (χ1n) is 7.34. The van der Waals surface area contributed by atoms with Crippen LogP contribution in [0.5, 0.6) is 11.5 Å². The molecule has 0 saturated heterocycles. The van der Waals surface area contributed by atoms with Crippen LogP contribution < -0.4 is 10.1 Å². The predicted molar refractivity (Wildman–Crippen MR) is 89.4 cm³/mol. The molecule has 0 saturated carbocycles. The molecule has 0 aromatic heterocycles. The molecule has 0 heterocycles. The molecule has 0 radical (unpaired) electrons. The number of hydrogen-bond acceptors (Lipinski definition) is 2. The highest BCUT2D eigenvalue weighted by Gasteiger charge is 2.05. The van der Waals surface area contributed by atoms with E-state index in [1.807, 2.05) is 31.2 Å². The van der Waals surface area contributed by atoms with Gasteiger partial charge in [0.25, 0.3) is 0 Å². The predicted octanol–water partition coefficient (Wildman–Crippen LogP) is 5.25. The number of aryl methyl sites for hydroxylation is 2. The zero-order chi connectivity index (χ0) is 15.2. The zero-order valence-corrected chi connectivity index (χ0v) is 13.6. The lowest BCUT2D eigenvalue weighted by atomic mass is 10.1. The van der Waals surface area contributed by atoms with Gasteiger partial charge in [0.1, 0.15) is 11.5 Å². The Bertz CT molecular complexity index is 610. The van der Waals surface area contributed by atoms with Gasteiger partial charge in [0.2, 0.25) is 0 Å². The van der Waals surface area contributed by atoms with Crippen LogP contribution in [0, 0.1) is 13.8 Å². The van der Waals surface area contributed by atoms with E-state index < -0.39 is 0 Å². The van der Waals surface area contributed by atoms with Gasteiger partial charge in [0.05, 0.1) is 0 Å². The van der Waals surface area contributed by atoms with Crippen LogP contribution in [0.4, 0.5) is 0 Å². The Morgan fingerprint density at radius 1 is 1.05 bits per heavy atom. The average Bonchev–Trinajstić information content (AvgIpc) is 2.45. The van der Waals surface area contributed by atoms with Gasteiger partial charge < -0.3 is 10.1 Å². The van der Waals surface area contributed by atoms with E-state index in [0.29, 0.717) is 5.02 Å². The normalized spacial score (nSPS) is 10.7. The third-order valence-electron chi connectivity index (χ3n) is 3.43. The number of nitrogens with one attached hydrogen (secondary N) is 1. The summed E-state index contributed by atoms with van der Waals surface area (Å²) in [6.45, 7) is 8.24. The van der Waals surface area contributed by atoms with Gasteiger partial charge >= 0.3 is 0 Å². The number of halogens is 1. The number of benzene rings is 2. The molecule has 2 aromatic rings. The van der Waals surface area contributed by atoms with Crippen molar-refractivity contribution < 1.29 is 4.74 Å². The van der Waals surface area contributed by atoms with E-state index in [0.717, 1.165) is 36.6 Å². The van der Waals surface area contributed by atoms with Gasteiger partial charge in [-0.2, -0.15) is 0 Å². The van der Waals surface area contributed by atoms with Gasteiger partial charge in [-0.15, -0.1) is 0 Å². The summed E-state index contributed by atoms with van der Waals surface area (Å²) in [4.78, 5) is 0. The second-order valence-corrected chi connectivity index (χ2v) is 5.71. The quantitative estimate of drug-likeness (QED) is 0.736. The summed E-state index contributed by atoms with van der Waals surface area (Å²) in [5.74, 6) is 1.65. The van der Waals surface area contributed by atoms with Crippen LogP contribution in [-0.2, 0) is 6.54 Å². The fraction of sp³-hybridized carbons (Fsp3) is 0.333. The van der Waals surface area contributed by atoms with E-state index in [1.165, 1.54) is 11.1 Å². The van der Waals surface area contributed by atoms with Crippen molar-refractivity contribution in [2.45, 2.75) is 33.7 Å². The van der Waals surface area contributed by atoms with E-state index in [1.54, 1.807) is 0 Å². The number of rotatable bonds is 6. The summed E-state index contributed by atoms with van der Waals surface area (Å²) in [6, 6.07) is 11.9. The molecular weight excluding hydrogens is 282 g/mol. The van der Waals surface area contributed by atoms with Gasteiger partial charge in [0, 0.05) is 11.6 Å². The van der Waals surface area contributed by atoms with Crippen molar-refractivity contribution in [3.05, 3.63) is 58.1 Å². The molecule has 0 aliphatic carbocycles. The van der Waals surface area contributed by atoms with Crippen molar-refractivity contribution in [1.82, 2.24) is 5.32 Å². The minimum absolute atomic E-state index is 0.688. The first kappa shape index (κ1) is 15.9. The van der Waals surface area contributed by atoms with Crippen molar-refractivity contribution in [2.75, 3.05) is 6.54 Å². The van der Waals surface area contributed by atoms with Crippen molar-refractivity contribution in [1.29, 1.82) is 0 Å². The molecule has 3 heteroatoms. The molecule has 0 bridgehead atoms. The minimum atomic E-state index is 0.688. The molecule has 21 heavy (non-hydrogen) atoms. The van der Waals surface area contributed by atoms with Crippen LogP contribution in [0.1, 0.15) is 30.0 Å². The molecule has 2 nitrogen and oxygen atoms in total. The van der Waals surface area contributed by atoms with Crippen LogP contribution in [-0.4, -0.2) is 6.54 Å². The molecule has 0 fully saturated rings. The lowest BCUT2D eigenvalue weighted by Gasteiger charge is -2.12. The maximum atomic E-state index is 6.02. The molecular formula is C18H22ClNO. The molecule has 2 rings (SSSR count). The Morgan fingerprint density at radius 3 is 2.57 bits per heavy atom. The Kier molecular flexibility index (Phi) is 5.66. The second kappa shape index (κ2) is 7.48. The highest BCUT2D eigenvalue weighted by molar-refractivity contribution is 6.30. The van der Waals surface area contributed by atoms with Crippen LogP contribution >= 0.6 is 11.6 Å². The lowest BCUT2D eigenvalue weighted by Crippen LogP contribution is -2.14. The Balaban J connectivity index is 2.11. The van der Waals surface area contributed by atoms with Crippen LogP contribution in [0.15, 0.2) is 36.4 Å². The first-order chi connectivity index (χ1) is 10.1. The number of hydrogen-bond donors (Lipinski definition) is 1. The SMILES string of the molecule is CCCNCc1ccc(Oc2cc(Cl)ccc2C)cc1C. The summed E-state index contributed by atoms with van der Waals surface area (Å²) in [5.41, 5.74) is 3.61. The van der Waals surface area contributed by atoms with Gasteiger partial charge in [-0.05, 0) is 67.8 Å². The average molecular weight is 304 g/mol. The smallest absolute Gasteiger partial charge is 0.131 e. The van der Waals surface area contributed by atoms with Gasteiger partial charge in [0.15, 0.2) is 0 Å². The Labute approximate surface area is 132 Å². The van der Waals surface area contributed by atoms with Gasteiger partial charge in [-0.3, -0.25) is 0 Å². The third kappa shape index (κ3) is 4.48. The van der Waals surface area contributed by atoms with E-state index >= 15 is 0 Å². The maximum Gasteiger partial charge on any atom is 0.131 e. The molecule has 0 aliphatic rings. The lowest BCUT2D eigenvalue weighted by molar-refractivity contribution is 0.478. The summed E-state index contributed by atoms with van der Waals surface area (Å²) >= 11 is 6.02. The van der Waals surface area contributed by atoms with Gasteiger partial charge in [-0.25, -0.2) is 0 Å². The zero-order valence-electron chi connectivity index (χ0n) is 12.9. The largest absolute Gasteiger partial charge is 0.457 e. The van der Waals surface area contributed by atoms with E-state index in [2.05, 4.69) is 31.3 Å². The van der Waals surface area contributed by atoms with Gasteiger partial charge in [-0.1, -0.05) is 30.7 Å². The molecule has 112 valence electrons. The maximum absolute atomic E-state index is 6.02. The molecule has 0 amide bonds. The molecule has 2 aromatic carbocycles. The molecule has 1 N–H and O–H groups in total. The fourth-order valence-electron chi connectivity index (χ4n) is 2.14. The van der Waals surface area contributed by atoms with Crippen LogP contribution in [0.2, 0.25) is 5.02 Å². The molecule has 0 atom stereocenters. The summed E-state index contributed by atoms with van der Waals surface area (Å²) in [7, 11) is 0. The van der Waals surface area contributed by atoms with Crippen molar-refractivity contribution in [3.63, 3.8) is 0 Å². The van der Waals surface area contributed by atoms with E-state index in [9.17, 15) is 0 Å². The monoisotopic (exact) mass is 303 g/mol. The summed E-state index contributed by atoms with van der Waals surface area (Å²) in [5, 5.41) is 4.11. The molecule has 0 unspecified atom stereocenters. The van der Waals surface area contributed by atoms with E-state index in [4.69, 9.17) is 16.3 Å². The van der Waals surface area contributed by atoms with Crippen molar-refractivity contribution in [3.8, 4) is 11.5 Å². The highest BCUT2D eigenvalue weighted by Crippen LogP contribution is 2.29. The fourth-order valence-corrected chi connectivity index (χ4v) is 2.30. The molecule has 0 spiro atoms. The Morgan fingerprint density at radius 2 is 1.86 bits per heavy atom. The van der Waals surface area contributed by atoms with Crippen molar-refractivity contribution >= 4 is 11.6 Å². The highest BCUT2D eigenvalue weighted by atomic mass is 35.5.